The lowest BCUT2D eigenvalue weighted by atomic mass is 10.2. The van der Waals surface area contributed by atoms with Crippen LogP contribution in [0, 0.1) is 12.7 Å². The smallest absolute Gasteiger partial charge is 0.410 e. The third-order valence-corrected chi connectivity index (χ3v) is 3.27. The van der Waals surface area contributed by atoms with Crippen LogP contribution in [0.25, 0.3) is 0 Å². The Bertz CT molecular complexity index is 511. The fourth-order valence-electron chi connectivity index (χ4n) is 1.82. The van der Waals surface area contributed by atoms with Gasteiger partial charge in [0.1, 0.15) is 17.2 Å². The summed E-state index contributed by atoms with van der Waals surface area (Å²) in [6, 6.07) is 4.41. The summed E-state index contributed by atoms with van der Waals surface area (Å²) in [6.07, 6.45) is 0.310. The topological polar surface area (TPSA) is 38.8 Å². The van der Waals surface area contributed by atoms with Crippen LogP contribution in [0.2, 0.25) is 0 Å². The number of benzene rings is 1. The number of carbonyl (C=O) groups excluding carboxylic acids is 1. The van der Waals surface area contributed by atoms with Crippen LogP contribution in [0.3, 0.4) is 0 Å². The number of nitrogens with zero attached hydrogens (tertiary/aromatic N) is 1. The number of halogens is 1. The molecule has 0 aliphatic heterocycles. The van der Waals surface area contributed by atoms with E-state index in [0.29, 0.717) is 18.8 Å². The molecule has 0 aliphatic rings. The second kappa shape index (κ2) is 7.47. The predicted octanol–water partition coefficient (Wildman–Crippen LogP) is 4.16. The molecule has 0 heterocycles. The molecule has 1 aromatic rings. The fourth-order valence-corrected chi connectivity index (χ4v) is 1.82. The number of hydrogen-bond donors (Lipinski definition) is 0. The highest BCUT2D eigenvalue weighted by Gasteiger charge is 2.22. The van der Waals surface area contributed by atoms with Crippen molar-refractivity contribution in [3.8, 4) is 5.75 Å². The summed E-state index contributed by atoms with van der Waals surface area (Å²) in [5.41, 5.74) is 0.250. The molecule has 0 aromatic heterocycles. The Morgan fingerprint density at radius 2 is 2.00 bits per heavy atom. The van der Waals surface area contributed by atoms with Gasteiger partial charge in [0, 0.05) is 19.5 Å². The summed E-state index contributed by atoms with van der Waals surface area (Å²) in [5, 5.41) is 0. The largest absolute Gasteiger partial charge is 0.493 e. The molecule has 0 fully saturated rings. The van der Waals surface area contributed by atoms with Gasteiger partial charge in [-0.3, -0.25) is 0 Å². The molecule has 0 N–H and O–H groups in total. The Hall–Kier alpha value is -1.78. The van der Waals surface area contributed by atoms with E-state index >= 15 is 0 Å². The molecule has 4 nitrogen and oxygen atoms in total. The molecule has 22 heavy (non-hydrogen) atoms. The minimum Gasteiger partial charge on any atom is -0.493 e. The van der Waals surface area contributed by atoms with Crippen molar-refractivity contribution in [3.05, 3.63) is 29.6 Å². The van der Waals surface area contributed by atoms with Crippen LogP contribution in [0.4, 0.5) is 9.18 Å². The molecule has 0 radical (unpaired) electrons. The molecule has 0 spiro atoms. The predicted molar refractivity (Wildman–Crippen MR) is 84.7 cm³/mol. The average molecular weight is 311 g/mol. The van der Waals surface area contributed by atoms with Crippen LogP contribution in [0.5, 0.6) is 5.75 Å². The summed E-state index contributed by atoms with van der Waals surface area (Å²) in [5.74, 6) is 0.386. The van der Waals surface area contributed by atoms with Gasteiger partial charge in [-0.25, -0.2) is 9.18 Å². The van der Waals surface area contributed by atoms with Crippen LogP contribution < -0.4 is 4.74 Å². The molecule has 124 valence electrons. The Kier molecular flexibility index (Phi) is 6.21. The highest BCUT2D eigenvalue weighted by molar-refractivity contribution is 5.68. The minimum absolute atomic E-state index is 0.0180. The first-order chi connectivity index (χ1) is 10.1. The SMILES string of the molecule is Cc1cc(F)ccc1OCC[C@@H](C)N(C)C(=O)OC(C)(C)C. The Morgan fingerprint density at radius 1 is 1.36 bits per heavy atom. The molecule has 0 bridgehead atoms. The third-order valence-electron chi connectivity index (χ3n) is 3.27. The normalized spacial score (nSPS) is 12.7. The standard InChI is InChI=1S/C17H26FNO3/c1-12-11-14(18)7-8-15(12)21-10-9-13(2)19(6)16(20)22-17(3,4)5/h7-8,11,13H,9-10H2,1-6H3/t13-/m1/s1. The molecule has 0 aliphatic carbocycles. The van der Waals surface area contributed by atoms with Gasteiger partial charge >= 0.3 is 6.09 Å². The second-order valence-electron chi connectivity index (χ2n) is 6.49. The van der Waals surface area contributed by atoms with E-state index < -0.39 is 5.60 Å². The van der Waals surface area contributed by atoms with Crippen molar-refractivity contribution in [2.24, 2.45) is 0 Å². The van der Waals surface area contributed by atoms with Gasteiger partial charge in [-0.1, -0.05) is 0 Å². The monoisotopic (exact) mass is 311 g/mol. The van der Waals surface area contributed by atoms with Crippen molar-refractivity contribution in [3.63, 3.8) is 0 Å². The van der Waals surface area contributed by atoms with Gasteiger partial charge in [0.2, 0.25) is 0 Å². The fraction of sp³-hybridized carbons (Fsp3) is 0.588. The molecule has 0 saturated carbocycles. The number of amides is 1. The van der Waals surface area contributed by atoms with Crippen molar-refractivity contribution < 1.29 is 18.7 Å². The van der Waals surface area contributed by atoms with Crippen LogP contribution in [-0.4, -0.2) is 36.3 Å². The summed E-state index contributed by atoms with van der Waals surface area (Å²) >= 11 is 0. The van der Waals surface area contributed by atoms with Gasteiger partial charge in [-0.2, -0.15) is 0 Å². The number of ether oxygens (including phenoxy) is 2. The van der Waals surface area contributed by atoms with Crippen molar-refractivity contribution in [1.29, 1.82) is 0 Å². The van der Waals surface area contributed by atoms with Crippen LogP contribution in [0.15, 0.2) is 18.2 Å². The van der Waals surface area contributed by atoms with Gasteiger partial charge in [0.05, 0.1) is 6.61 Å². The zero-order chi connectivity index (χ0) is 16.9. The second-order valence-corrected chi connectivity index (χ2v) is 6.49. The highest BCUT2D eigenvalue weighted by atomic mass is 19.1. The number of aryl methyl sites for hydroxylation is 1. The van der Waals surface area contributed by atoms with Gasteiger partial charge in [-0.15, -0.1) is 0 Å². The maximum atomic E-state index is 13.0. The highest BCUT2D eigenvalue weighted by Crippen LogP contribution is 2.19. The summed E-state index contributed by atoms with van der Waals surface area (Å²) in [7, 11) is 1.71. The minimum atomic E-state index is -0.507. The number of hydrogen-bond acceptors (Lipinski definition) is 3. The van der Waals surface area contributed by atoms with Crippen LogP contribution in [-0.2, 0) is 4.74 Å². The van der Waals surface area contributed by atoms with E-state index in [9.17, 15) is 9.18 Å². The van der Waals surface area contributed by atoms with Gasteiger partial charge in [0.15, 0.2) is 0 Å². The molecular formula is C17H26FNO3. The number of carbonyl (C=O) groups is 1. The van der Waals surface area contributed by atoms with E-state index in [1.807, 2.05) is 27.7 Å². The molecule has 0 unspecified atom stereocenters. The molecule has 1 aromatic carbocycles. The van der Waals surface area contributed by atoms with Crippen molar-refractivity contribution in [2.75, 3.05) is 13.7 Å². The number of rotatable bonds is 5. The zero-order valence-electron chi connectivity index (χ0n) is 14.3. The lowest BCUT2D eigenvalue weighted by Crippen LogP contribution is -2.40. The summed E-state index contributed by atoms with van der Waals surface area (Å²) in [4.78, 5) is 13.5. The zero-order valence-corrected chi connectivity index (χ0v) is 14.3. The molecule has 5 heteroatoms. The average Bonchev–Trinajstić information content (AvgIpc) is 2.38. The first-order valence-electron chi connectivity index (χ1n) is 7.45. The maximum Gasteiger partial charge on any atom is 0.410 e. The Labute approximate surface area is 132 Å². The lowest BCUT2D eigenvalue weighted by Gasteiger charge is -2.28. The van der Waals surface area contributed by atoms with Crippen LogP contribution in [0.1, 0.15) is 39.7 Å². The third kappa shape index (κ3) is 5.92. The van der Waals surface area contributed by atoms with Crippen molar-refractivity contribution >= 4 is 6.09 Å². The first kappa shape index (κ1) is 18.3. The maximum absolute atomic E-state index is 13.0. The van der Waals surface area contributed by atoms with Gasteiger partial charge in [-0.05, 0) is 58.4 Å². The van der Waals surface area contributed by atoms with Crippen molar-refractivity contribution in [2.45, 2.75) is 52.7 Å². The Morgan fingerprint density at radius 3 is 2.55 bits per heavy atom. The van der Waals surface area contributed by atoms with E-state index in [0.717, 1.165) is 5.56 Å². The van der Waals surface area contributed by atoms with E-state index in [2.05, 4.69) is 0 Å². The lowest BCUT2D eigenvalue weighted by molar-refractivity contribution is 0.0220. The van der Waals surface area contributed by atoms with Gasteiger partial charge in [0.25, 0.3) is 0 Å². The van der Waals surface area contributed by atoms with Gasteiger partial charge < -0.3 is 14.4 Å². The summed E-state index contributed by atoms with van der Waals surface area (Å²) in [6.45, 7) is 9.69. The molecular weight excluding hydrogens is 285 g/mol. The van der Waals surface area contributed by atoms with E-state index in [1.54, 1.807) is 24.9 Å². The summed E-state index contributed by atoms with van der Waals surface area (Å²) < 4.78 is 24.0. The quantitative estimate of drug-likeness (QED) is 0.819. The van der Waals surface area contributed by atoms with E-state index in [4.69, 9.17) is 9.47 Å². The molecule has 1 atom stereocenters. The Balaban J connectivity index is 2.45. The van der Waals surface area contributed by atoms with Crippen molar-refractivity contribution in [1.82, 2.24) is 4.90 Å². The van der Waals surface area contributed by atoms with E-state index in [1.165, 1.54) is 12.1 Å². The molecule has 0 saturated heterocycles. The van der Waals surface area contributed by atoms with Crippen LogP contribution >= 0.6 is 0 Å². The molecule has 1 rings (SSSR count). The first-order valence-corrected chi connectivity index (χ1v) is 7.45. The van der Waals surface area contributed by atoms with E-state index in [-0.39, 0.29) is 18.0 Å². The molecule has 1 amide bonds.